The molecule has 0 rings (SSSR count). The van der Waals surface area contributed by atoms with Crippen LogP contribution in [-0.4, -0.2) is 118 Å². The van der Waals surface area contributed by atoms with Crippen LogP contribution in [0.25, 0.3) is 0 Å². The van der Waals surface area contributed by atoms with E-state index in [1.54, 1.807) is 0 Å². The average molecular weight is 341 g/mol. The van der Waals surface area contributed by atoms with E-state index in [1.165, 1.54) is 0 Å². The third-order valence-electron chi connectivity index (χ3n) is 1.50. The summed E-state index contributed by atoms with van der Waals surface area (Å²) in [4.78, 5) is 20.2. The summed E-state index contributed by atoms with van der Waals surface area (Å²) in [5.74, 6) is -3.68. The zero-order valence-electron chi connectivity index (χ0n) is 7.31. The third kappa shape index (κ3) is 6.90. The van der Waals surface area contributed by atoms with Gasteiger partial charge in [0.2, 0.25) is 0 Å². The van der Waals surface area contributed by atoms with Gasteiger partial charge in [-0.1, -0.05) is 0 Å². The maximum Gasteiger partial charge on any atom is 0 e. The topological polar surface area (TPSA) is 156 Å². The van der Waals surface area contributed by atoms with Crippen LogP contribution < -0.4 is 0 Å². The molecule has 8 nitrogen and oxygen atoms in total. The number of carbonyl (C=O) groups is 2. The second-order valence-corrected chi connectivity index (χ2v) is 2.55. The molecule has 0 aromatic carbocycles. The van der Waals surface area contributed by atoms with Gasteiger partial charge in [-0.25, -0.2) is 9.59 Å². The Balaban J connectivity index is -0.000000845. The number of hydrogen-bond acceptors (Lipinski definition) is 6. The normalized spacial score (nSPS) is 17.0. The Kier molecular flexibility index (Phi) is 14.4. The quantitative estimate of drug-likeness (QED) is 0.276. The molecule has 0 aromatic rings. The monoisotopic (exact) mass is 340 g/mol. The van der Waals surface area contributed by atoms with Gasteiger partial charge in [0.15, 0.2) is 12.2 Å². The minimum Gasteiger partial charge on any atom is 0 e. The molecule has 16 heavy (non-hydrogen) atoms. The van der Waals surface area contributed by atoms with E-state index in [-0.39, 0.29) is 77.6 Å². The van der Waals surface area contributed by atoms with Crippen molar-refractivity contribution in [3.8, 4) is 0 Å². The zero-order chi connectivity index (χ0) is 11.5. The van der Waals surface area contributed by atoms with Crippen molar-refractivity contribution in [2.45, 2.75) is 24.4 Å². The van der Waals surface area contributed by atoms with Crippen LogP contribution in [0.15, 0.2) is 0 Å². The van der Waals surface area contributed by atoms with E-state index in [9.17, 15) is 9.59 Å². The Morgan fingerprint density at radius 1 is 0.750 bits per heavy atom. The summed E-state index contributed by atoms with van der Waals surface area (Å²) in [6.07, 6.45) is -9.28. The van der Waals surface area contributed by atoms with Crippen molar-refractivity contribution in [3.63, 3.8) is 0 Å². The van der Waals surface area contributed by atoms with Crippen molar-refractivity contribution in [2.75, 3.05) is 0 Å². The third-order valence-corrected chi connectivity index (χ3v) is 1.50. The fourth-order valence-electron chi connectivity index (χ4n) is 0.666. The Morgan fingerprint density at radius 3 is 1.06 bits per heavy atom. The molecule has 0 spiro atoms. The molecule has 88 valence electrons. The van der Waals surface area contributed by atoms with Crippen molar-refractivity contribution in [1.29, 1.82) is 0 Å². The fraction of sp³-hybridized carbons (Fsp3) is 0.667. The van der Waals surface area contributed by atoms with Gasteiger partial charge in [0.1, 0.15) is 12.2 Å². The summed E-state index contributed by atoms with van der Waals surface area (Å²) in [6, 6.07) is 0. The fourth-order valence-corrected chi connectivity index (χ4v) is 0.666. The average Bonchev–Trinajstić information content (AvgIpc) is 2.12. The molecule has 4 atom stereocenters. The molecule has 4 unspecified atom stereocenters. The van der Waals surface area contributed by atoms with Crippen LogP contribution in [0.2, 0.25) is 0 Å². The summed E-state index contributed by atoms with van der Waals surface area (Å²) >= 11 is 0. The standard InChI is InChI=1S/C6H10O8.K.Zr.H/c7-1(3(9)5(11)12)2(8)4(10)6(13)14;;;/h1-4,7-10H,(H,11,12)(H,13,14);;;. The van der Waals surface area contributed by atoms with Gasteiger partial charge in [-0.15, -0.1) is 0 Å². The number of hydrogen-bond donors (Lipinski definition) is 6. The van der Waals surface area contributed by atoms with Crippen molar-refractivity contribution in [1.82, 2.24) is 0 Å². The van der Waals surface area contributed by atoms with Crippen molar-refractivity contribution < 1.29 is 66.4 Å². The maximum atomic E-state index is 10.1. The van der Waals surface area contributed by atoms with Gasteiger partial charge >= 0.3 is 63.3 Å². The second-order valence-electron chi connectivity index (χ2n) is 2.55. The Hall–Kier alpha value is 1.30. The smallest absolute Gasteiger partial charge is 0 e. The first-order chi connectivity index (χ1) is 6.29. The summed E-state index contributed by atoms with van der Waals surface area (Å²) in [5, 5.41) is 51.5. The van der Waals surface area contributed by atoms with Crippen LogP contribution in [-0.2, 0) is 35.8 Å². The van der Waals surface area contributed by atoms with Crippen LogP contribution in [0.1, 0.15) is 0 Å². The minimum atomic E-state index is -2.36. The summed E-state index contributed by atoms with van der Waals surface area (Å²) < 4.78 is 0. The number of rotatable bonds is 5. The molecule has 0 aliphatic rings. The molecular weight excluding hydrogens is 330 g/mol. The van der Waals surface area contributed by atoms with Gasteiger partial charge in [0.05, 0.1) is 0 Å². The molecule has 0 bridgehead atoms. The van der Waals surface area contributed by atoms with E-state index in [2.05, 4.69) is 0 Å². The predicted octanol–water partition coefficient (Wildman–Crippen LogP) is -4.05. The number of carboxylic acids is 2. The Bertz CT molecular complexity index is 213. The molecule has 0 saturated heterocycles. The molecule has 0 amide bonds. The van der Waals surface area contributed by atoms with Crippen LogP contribution in [0.5, 0.6) is 0 Å². The van der Waals surface area contributed by atoms with Crippen molar-refractivity contribution in [2.24, 2.45) is 0 Å². The van der Waals surface area contributed by atoms with Crippen LogP contribution in [0.3, 0.4) is 0 Å². The summed E-state index contributed by atoms with van der Waals surface area (Å²) in [6.45, 7) is 0. The van der Waals surface area contributed by atoms with Crippen LogP contribution in [0.4, 0.5) is 0 Å². The first-order valence-corrected chi connectivity index (χ1v) is 3.47. The molecule has 0 saturated carbocycles. The number of aliphatic hydroxyl groups is 4. The van der Waals surface area contributed by atoms with Gasteiger partial charge in [0.25, 0.3) is 0 Å². The molecule has 0 aromatic heterocycles. The predicted molar refractivity (Wildman–Crippen MR) is 46.4 cm³/mol. The van der Waals surface area contributed by atoms with Gasteiger partial charge in [-0.2, -0.15) is 0 Å². The molecule has 0 heterocycles. The van der Waals surface area contributed by atoms with E-state index >= 15 is 0 Å². The Labute approximate surface area is 152 Å². The Morgan fingerprint density at radius 2 is 0.938 bits per heavy atom. The van der Waals surface area contributed by atoms with Crippen LogP contribution >= 0.6 is 0 Å². The molecule has 0 aliphatic carbocycles. The first-order valence-electron chi connectivity index (χ1n) is 3.47. The number of carboxylic acid groups (broad SMARTS) is 2. The number of aliphatic hydroxyl groups excluding tert-OH is 4. The second kappa shape index (κ2) is 10.2. The molecule has 0 radical (unpaired) electrons. The van der Waals surface area contributed by atoms with E-state index in [1.807, 2.05) is 0 Å². The van der Waals surface area contributed by atoms with E-state index in [0.717, 1.165) is 0 Å². The summed E-state index contributed by atoms with van der Waals surface area (Å²) in [7, 11) is 0. The van der Waals surface area contributed by atoms with E-state index in [0.29, 0.717) is 0 Å². The molecule has 6 N–H and O–H groups in total. The molecular formula is C6H11KO8Zr. The summed E-state index contributed by atoms with van der Waals surface area (Å²) in [5.41, 5.74) is 0. The van der Waals surface area contributed by atoms with Crippen molar-refractivity contribution >= 4 is 63.3 Å². The SMILES string of the molecule is O=C(O)C(O)C(O)C(O)C(O)C(=O)O.[KH].[Zr]. The van der Waals surface area contributed by atoms with Gasteiger partial charge < -0.3 is 30.6 Å². The van der Waals surface area contributed by atoms with E-state index < -0.39 is 36.4 Å². The van der Waals surface area contributed by atoms with E-state index in [4.69, 9.17) is 30.6 Å². The molecule has 10 heteroatoms. The van der Waals surface area contributed by atoms with Gasteiger partial charge in [-0.05, 0) is 0 Å². The minimum absolute atomic E-state index is 0. The van der Waals surface area contributed by atoms with Gasteiger partial charge in [-0.3, -0.25) is 0 Å². The molecule has 0 aliphatic heterocycles. The maximum absolute atomic E-state index is 10.1. The molecule has 0 fully saturated rings. The first kappa shape index (κ1) is 22.5. The van der Waals surface area contributed by atoms with Crippen molar-refractivity contribution in [3.05, 3.63) is 0 Å². The largest absolute Gasteiger partial charge is 0 e. The zero-order valence-corrected chi connectivity index (χ0v) is 9.77. The van der Waals surface area contributed by atoms with Gasteiger partial charge in [0, 0.05) is 26.2 Å². The number of aliphatic carboxylic acids is 2. The van der Waals surface area contributed by atoms with Crippen LogP contribution in [0, 0.1) is 0 Å².